The number of benzene rings is 2. The molecule has 0 saturated carbocycles. The Morgan fingerprint density at radius 3 is 2.69 bits per heavy atom. The number of carbonyl (C=O) groups excluding carboxylic acids is 1. The quantitative estimate of drug-likeness (QED) is 0.386. The number of amides is 1. The van der Waals surface area contributed by atoms with Gasteiger partial charge in [0.2, 0.25) is 5.91 Å². The lowest BCUT2D eigenvalue weighted by atomic mass is 10.2. The molecule has 8 heteroatoms. The second kappa shape index (κ2) is 9.96. The van der Waals surface area contributed by atoms with Crippen molar-refractivity contribution in [2.45, 2.75) is 23.9 Å². The van der Waals surface area contributed by atoms with E-state index in [0.29, 0.717) is 34.1 Å². The number of carbonyl (C=O) groups is 1. The van der Waals surface area contributed by atoms with Gasteiger partial charge in [0, 0.05) is 17.1 Å². The first-order chi connectivity index (χ1) is 14.0. The van der Waals surface area contributed by atoms with Crippen LogP contribution in [0.3, 0.4) is 0 Å². The monoisotopic (exact) mass is 446 g/mol. The number of hydrogen-bond donors (Lipinski definition) is 1. The van der Waals surface area contributed by atoms with Crippen LogP contribution in [0.15, 0.2) is 66.3 Å². The van der Waals surface area contributed by atoms with Crippen molar-refractivity contribution in [3.05, 3.63) is 76.8 Å². The number of nitrogens with zero attached hydrogens (tertiary/aromatic N) is 3. The van der Waals surface area contributed by atoms with Gasteiger partial charge < -0.3 is 5.32 Å². The van der Waals surface area contributed by atoms with Crippen molar-refractivity contribution in [2.24, 2.45) is 0 Å². The molecule has 0 fully saturated rings. The third kappa shape index (κ3) is 5.41. The van der Waals surface area contributed by atoms with E-state index in [9.17, 15) is 4.79 Å². The average molecular weight is 447 g/mol. The average Bonchev–Trinajstić information content (AvgIpc) is 3.08. The van der Waals surface area contributed by atoms with Gasteiger partial charge in [-0.15, -0.1) is 16.8 Å². The second-order valence-electron chi connectivity index (χ2n) is 6.30. The van der Waals surface area contributed by atoms with Crippen LogP contribution in [0.2, 0.25) is 10.0 Å². The molecule has 1 unspecified atom stereocenters. The van der Waals surface area contributed by atoms with Crippen LogP contribution in [0.1, 0.15) is 12.5 Å². The van der Waals surface area contributed by atoms with Crippen LogP contribution in [0.25, 0.3) is 11.4 Å². The van der Waals surface area contributed by atoms with E-state index in [0.717, 1.165) is 11.1 Å². The van der Waals surface area contributed by atoms with Crippen molar-refractivity contribution in [1.82, 2.24) is 20.1 Å². The van der Waals surface area contributed by atoms with Gasteiger partial charge in [0.15, 0.2) is 11.0 Å². The lowest BCUT2D eigenvalue weighted by Gasteiger charge is -2.14. The Labute approximate surface area is 184 Å². The number of thioether (sulfide) groups is 1. The topological polar surface area (TPSA) is 59.8 Å². The summed E-state index contributed by atoms with van der Waals surface area (Å²) in [6, 6.07) is 15.3. The van der Waals surface area contributed by atoms with Gasteiger partial charge in [-0.2, -0.15) is 0 Å². The van der Waals surface area contributed by atoms with E-state index < -0.39 is 0 Å². The Kier molecular flexibility index (Phi) is 7.36. The zero-order valence-electron chi connectivity index (χ0n) is 15.8. The van der Waals surface area contributed by atoms with E-state index >= 15 is 0 Å². The lowest BCUT2D eigenvalue weighted by Crippen LogP contribution is -2.31. The van der Waals surface area contributed by atoms with Gasteiger partial charge in [0.25, 0.3) is 0 Å². The summed E-state index contributed by atoms with van der Waals surface area (Å²) in [5, 5.41) is 12.8. The van der Waals surface area contributed by atoms with E-state index in [1.807, 2.05) is 47.9 Å². The van der Waals surface area contributed by atoms with Crippen LogP contribution < -0.4 is 5.32 Å². The molecule has 1 aromatic heterocycles. The van der Waals surface area contributed by atoms with Crippen molar-refractivity contribution in [3.63, 3.8) is 0 Å². The SMILES string of the molecule is C=CCNC(=O)C(C)Sc1nnc(-c2ccc(Cl)cc2Cl)n1Cc1ccccc1. The number of halogens is 2. The Morgan fingerprint density at radius 2 is 2.00 bits per heavy atom. The van der Waals surface area contributed by atoms with Crippen molar-refractivity contribution < 1.29 is 4.79 Å². The van der Waals surface area contributed by atoms with E-state index in [-0.39, 0.29) is 11.2 Å². The normalized spacial score (nSPS) is 11.8. The third-order valence-electron chi connectivity index (χ3n) is 4.14. The molecule has 5 nitrogen and oxygen atoms in total. The summed E-state index contributed by atoms with van der Waals surface area (Å²) in [6.45, 7) is 6.42. The maximum Gasteiger partial charge on any atom is 0.233 e. The van der Waals surface area contributed by atoms with Gasteiger partial charge in [-0.1, -0.05) is 71.4 Å². The smallest absolute Gasteiger partial charge is 0.233 e. The van der Waals surface area contributed by atoms with Crippen molar-refractivity contribution in [2.75, 3.05) is 6.54 Å². The molecule has 1 amide bonds. The lowest BCUT2D eigenvalue weighted by molar-refractivity contribution is -0.120. The maximum atomic E-state index is 12.3. The minimum atomic E-state index is -0.345. The molecule has 0 spiro atoms. The summed E-state index contributed by atoms with van der Waals surface area (Å²) < 4.78 is 1.96. The maximum absolute atomic E-state index is 12.3. The van der Waals surface area contributed by atoms with Gasteiger partial charge in [-0.25, -0.2) is 0 Å². The molecule has 1 heterocycles. The molecular weight excluding hydrogens is 427 g/mol. The molecular formula is C21H20Cl2N4OS. The number of aromatic nitrogens is 3. The van der Waals surface area contributed by atoms with Gasteiger partial charge in [-0.05, 0) is 30.7 Å². The molecule has 2 aromatic carbocycles. The highest BCUT2D eigenvalue weighted by Gasteiger charge is 2.22. The Morgan fingerprint density at radius 1 is 1.24 bits per heavy atom. The van der Waals surface area contributed by atoms with E-state index in [1.165, 1.54) is 11.8 Å². The van der Waals surface area contributed by atoms with E-state index in [1.54, 1.807) is 18.2 Å². The molecule has 1 N–H and O–H groups in total. The van der Waals surface area contributed by atoms with Gasteiger partial charge >= 0.3 is 0 Å². The molecule has 29 heavy (non-hydrogen) atoms. The fourth-order valence-electron chi connectivity index (χ4n) is 2.68. The van der Waals surface area contributed by atoms with E-state index in [4.69, 9.17) is 23.2 Å². The zero-order chi connectivity index (χ0) is 20.8. The summed E-state index contributed by atoms with van der Waals surface area (Å²) in [5.74, 6) is 0.534. The van der Waals surface area contributed by atoms with Gasteiger partial charge in [-0.3, -0.25) is 9.36 Å². The summed E-state index contributed by atoms with van der Waals surface area (Å²) in [4.78, 5) is 12.3. The van der Waals surface area contributed by atoms with Crippen LogP contribution in [-0.2, 0) is 11.3 Å². The Balaban J connectivity index is 1.96. The van der Waals surface area contributed by atoms with Crippen LogP contribution in [0, 0.1) is 0 Å². The highest BCUT2D eigenvalue weighted by Crippen LogP contribution is 2.33. The van der Waals surface area contributed by atoms with Crippen molar-refractivity contribution in [3.8, 4) is 11.4 Å². The highest BCUT2D eigenvalue weighted by atomic mass is 35.5. The number of hydrogen-bond acceptors (Lipinski definition) is 4. The van der Waals surface area contributed by atoms with Crippen molar-refractivity contribution in [1.29, 1.82) is 0 Å². The Hall–Kier alpha value is -2.28. The predicted molar refractivity (Wildman–Crippen MR) is 120 cm³/mol. The van der Waals surface area contributed by atoms with Crippen LogP contribution in [-0.4, -0.2) is 32.5 Å². The number of nitrogens with one attached hydrogen (secondary N) is 1. The zero-order valence-corrected chi connectivity index (χ0v) is 18.1. The fourth-order valence-corrected chi connectivity index (χ4v) is 4.05. The first-order valence-corrected chi connectivity index (χ1v) is 10.6. The largest absolute Gasteiger partial charge is 0.352 e. The first-order valence-electron chi connectivity index (χ1n) is 8.97. The molecule has 150 valence electrons. The van der Waals surface area contributed by atoms with Crippen LogP contribution >= 0.6 is 35.0 Å². The molecule has 3 rings (SSSR count). The molecule has 0 radical (unpaired) electrons. The van der Waals surface area contributed by atoms with Gasteiger partial charge in [0.05, 0.1) is 16.8 Å². The number of rotatable bonds is 8. The molecule has 3 aromatic rings. The minimum absolute atomic E-state index is 0.0877. The molecule has 0 aliphatic carbocycles. The van der Waals surface area contributed by atoms with Crippen LogP contribution in [0.5, 0.6) is 0 Å². The van der Waals surface area contributed by atoms with Gasteiger partial charge in [0.1, 0.15) is 0 Å². The fraction of sp³-hybridized carbons (Fsp3) is 0.190. The summed E-state index contributed by atoms with van der Waals surface area (Å²) in [7, 11) is 0. The Bertz CT molecular complexity index is 1010. The highest BCUT2D eigenvalue weighted by molar-refractivity contribution is 8.00. The summed E-state index contributed by atoms with van der Waals surface area (Å²) >= 11 is 13.8. The van der Waals surface area contributed by atoms with Crippen LogP contribution in [0.4, 0.5) is 0 Å². The molecule has 0 saturated heterocycles. The molecule has 1 atom stereocenters. The minimum Gasteiger partial charge on any atom is -0.352 e. The molecule has 0 aliphatic rings. The third-order valence-corrected chi connectivity index (χ3v) is 5.77. The first kappa shape index (κ1) is 21.4. The molecule has 0 aliphatic heterocycles. The molecule has 0 bridgehead atoms. The van der Waals surface area contributed by atoms with Crippen molar-refractivity contribution >= 4 is 40.9 Å². The summed E-state index contributed by atoms with van der Waals surface area (Å²) in [5.41, 5.74) is 1.82. The predicted octanol–water partition coefficient (Wildman–Crippen LogP) is 5.08. The summed E-state index contributed by atoms with van der Waals surface area (Å²) in [6.07, 6.45) is 1.65. The second-order valence-corrected chi connectivity index (χ2v) is 8.45. The standard InChI is InChI=1S/C21H20Cl2N4OS/c1-3-11-24-20(28)14(2)29-21-26-25-19(17-10-9-16(22)12-18(17)23)27(21)13-15-7-5-4-6-8-15/h3-10,12,14H,1,11,13H2,2H3,(H,24,28). The van der Waals surface area contributed by atoms with E-state index in [2.05, 4.69) is 22.1 Å².